The van der Waals surface area contributed by atoms with Crippen LogP contribution in [0.5, 0.6) is 0 Å². The second-order valence-electron chi connectivity index (χ2n) is 5.65. The van der Waals surface area contributed by atoms with E-state index in [-0.39, 0.29) is 0 Å². The van der Waals surface area contributed by atoms with Gasteiger partial charge in [-0.05, 0) is 64.6 Å². The Bertz CT molecular complexity index is 210. The van der Waals surface area contributed by atoms with Gasteiger partial charge in [-0.2, -0.15) is 0 Å². The molecule has 3 aliphatic rings. The van der Waals surface area contributed by atoms with Crippen LogP contribution >= 0.6 is 0 Å². The van der Waals surface area contributed by atoms with Crippen molar-refractivity contribution in [1.29, 1.82) is 0 Å². The Labute approximate surface area is 87.0 Å². The van der Waals surface area contributed by atoms with Crippen LogP contribution in [0.2, 0.25) is 0 Å². The highest BCUT2D eigenvalue weighted by Gasteiger charge is 2.54. The molecule has 1 N–H and O–H groups in total. The molecule has 3 rings (SSSR count). The molecule has 2 aliphatic carbocycles. The molecule has 0 aromatic carbocycles. The zero-order valence-electron chi connectivity index (χ0n) is 9.26. The summed E-state index contributed by atoms with van der Waals surface area (Å²) in [6.07, 6.45) is 8.66. The number of nitrogens with one attached hydrogen (secondary N) is 1. The number of rotatable bonds is 3. The van der Waals surface area contributed by atoms with Gasteiger partial charge in [0, 0.05) is 11.6 Å². The zero-order valence-corrected chi connectivity index (χ0v) is 9.26. The fraction of sp³-hybridized carbons (Fsp3) is 1.00. The van der Waals surface area contributed by atoms with Crippen LogP contribution in [0.1, 0.15) is 38.5 Å². The fourth-order valence-electron chi connectivity index (χ4n) is 3.00. The summed E-state index contributed by atoms with van der Waals surface area (Å²) in [5.41, 5.74) is 0.639. The zero-order chi connectivity index (χ0) is 9.60. The average Bonchev–Trinajstić information content (AvgIpc) is 3.00. The van der Waals surface area contributed by atoms with Gasteiger partial charge in [-0.15, -0.1) is 0 Å². The van der Waals surface area contributed by atoms with Crippen LogP contribution in [-0.2, 0) is 0 Å². The SMILES string of the molecule is CN1CCC(NC2(C3CC3)CC2)CC1. The van der Waals surface area contributed by atoms with Crippen LogP contribution in [0.4, 0.5) is 0 Å². The van der Waals surface area contributed by atoms with Crippen molar-refractivity contribution in [3.05, 3.63) is 0 Å². The fourth-order valence-corrected chi connectivity index (χ4v) is 3.00. The maximum Gasteiger partial charge on any atom is 0.0213 e. The summed E-state index contributed by atoms with van der Waals surface area (Å²) >= 11 is 0. The van der Waals surface area contributed by atoms with Gasteiger partial charge >= 0.3 is 0 Å². The second kappa shape index (κ2) is 3.21. The van der Waals surface area contributed by atoms with Crippen molar-refractivity contribution < 1.29 is 0 Å². The Morgan fingerprint density at radius 2 is 1.71 bits per heavy atom. The Kier molecular flexibility index (Phi) is 2.10. The number of hydrogen-bond donors (Lipinski definition) is 1. The van der Waals surface area contributed by atoms with Crippen LogP contribution in [0.15, 0.2) is 0 Å². The molecule has 0 bridgehead atoms. The molecule has 14 heavy (non-hydrogen) atoms. The molecule has 0 radical (unpaired) electrons. The van der Waals surface area contributed by atoms with Crippen LogP contribution in [0, 0.1) is 5.92 Å². The highest BCUT2D eigenvalue weighted by Crippen LogP contribution is 2.54. The highest BCUT2D eigenvalue weighted by atomic mass is 15.1. The standard InChI is InChI=1S/C12H22N2/c1-14-8-4-11(5-9-14)13-12(6-7-12)10-2-3-10/h10-11,13H,2-9H2,1H3. The largest absolute Gasteiger partial charge is 0.308 e. The van der Waals surface area contributed by atoms with E-state index in [1.165, 1.54) is 51.6 Å². The summed E-state index contributed by atoms with van der Waals surface area (Å²) in [7, 11) is 2.24. The predicted octanol–water partition coefficient (Wildman–Crippen LogP) is 1.61. The van der Waals surface area contributed by atoms with E-state index >= 15 is 0 Å². The van der Waals surface area contributed by atoms with E-state index < -0.39 is 0 Å². The topological polar surface area (TPSA) is 15.3 Å². The minimum atomic E-state index is 0.639. The Morgan fingerprint density at radius 3 is 2.21 bits per heavy atom. The molecule has 0 amide bonds. The molecule has 0 unspecified atom stereocenters. The summed E-state index contributed by atoms with van der Waals surface area (Å²) < 4.78 is 0. The summed E-state index contributed by atoms with van der Waals surface area (Å²) in [6.45, 7) is 2.58. The first kappa shape index (κ1) is 9.17. The number of nitrogens with zero attached hydrogens (tertiary/aromatic N) is 1. The smallest absolute Gasteiger partial charge is 0.0213 e. The lowest BCUT2D eigenvalue weighted by atomic mass is 10.0. The molecule has 2 heteroatoms. The lowest BCUT2D eigenvalue weighted by Gasteiger charge is -2.33. The number of hydrogen-bond acceptors (Lipinski definition) is 2. The van der Waals surface area contributed by atoms with E-state index in [0.717, 1.165) is 12.0 Å². The Hall–Kier alpha value is -0.0800. The first-order valence-corrected chi connectivity index (χ1v) is 6.25. The first-order chi connectivity index (χ1) is 6.78. The van der Waals surface area contributed by atoms with Crippen molar-refractivity contribution in [3.63, 3.8) is 0 Å². The highest BCUT2D eigenvalue weighted by molar-refractivity contribution is 5.12. The molecule has 1 saturated heterocycles. The minimum Gasteiger partial charge on any atom is -0.308 e. The molecule has 0 aromatic rings. The molecule has 1 heterocycles. The molecule has 2 saturated carbocycles. The molecule has 3 fully saturated rings. The molecule has 0 spiro atoms. The van der Waals surface area contributed by atoms with Gasteiger partial charge in [-0.1, -0.05) is 0 Å². The van der Waals surface area contributed by atoms with Gasteiger partial charge in [0.05, 0.1) is 0 Å². The third-order valence-corrected chi connectivity index (χ3v) is 4.36. The van der Waals surface area contributed by atoms with E-state index in [1.54, 1.807) is 0 Å². The summed E-state index contributed by atoms with van der Waals surface area (Å²) in [5.74, 6) is 1.06. The summed E-state index contributed by atoms with van der Waals surface area (Å²) in [4.78, 5) is 2.45. The van der Waals surface area contributed by atoms with Crippen molar-refractivity contribution in [1.82, 2.24) is 10.2 Å². The van der Waals surface area contributed by atoms with Crippen LogP contribution in [0.3, 0.4) is 0 Å². The molecule has 0 atom stereocenters. The van der Waals surface area contributed by atoms with Crippen molar-refractivity contribution in [2.75, 3.05) is 20.1 Å². The number of piperidine rings is 1. The van der Waals surface area contributed by atoms with E-state index in [9.17, 15) is 0 Å². The minimum absolute atomic E-state index is 0.639. The normalized spacial score (nSPS) is 33.2. The third kappa shape index (κ3) is 1.70. The van der Waals surface area contributed by atoms with Gasteiger partial charge in [0.25, 0.3) is 0 Å². The lowest BCUT2D eigenvalue weighted by Crippen LogP contribution is -2.47. The van der Waals surface area contributed by atoms with E-state index in [4.69, 9.17) is 0 Å². The molecular formula is C12H22N2. The predicted molar refractivity (Wildman–Crippen MR) is 58.3 cm³/mol. The molecule has 80 valence electrons. The molecule has 2 nitrogen and oxygen atoms in total. The van der Waals surface area contributed by atoms with Crippen LogP contribution in [-0.4, -0.2) is 36.6 Å². The molecular weight excluding hydrogens is 172 g/mol. The molecule has 1 aliphatic heterocycles. The Morgan fingerprint density at radius 1 is 1.07 bits per heavy atom. The molecule has 0 aromatic heterocycles. The summed E-state index contributed by atoms with van der Waals surface area (Å²) in [5, 5.41) is 3.96. The average molecular weight is 194 g/mol. The Balaban J connectivity index is 1.52. The quantitative estimate of drug-likeness (QED) is 0.734. The first-order valence-electron chi connectivity index (χ1n) is 6.25. The van der Waals surface area contributed by atoms with Gasteiger partial charge in [0.2, 0.25) is 0 Å². The van der Waals surface area contributed by atoms with Crippen molar-refractivity contribution in [2.45, 2.75) is 50.1 Å². The van der Waals surface area contributed by atoms with Gasteiger partial charge < -0.3 is 10.2 Å². The van der Waals surface area contributed by atoms with Gasteiger partial charge in [-0.25, -0.2) is 0 Å². The maximum absolute atomic E-state index is 3.96. The van der Waals surface area contributed by atoms with Crippen LogP contribution in [0.25, 0.3) is 0 Å². The van der Waals surface area contributed by atoms with Crippen molar-refractivity contribution in [2.24, 2.45) is 5.92 Å². The monoisotopic (exact) mass is 194 g/mol. The second-order valence-corrected chi connectivity index (χ2v) is 5.65. The number of likely N-dealkylation sites (tertiary alicyclic amines) is 1. The van der Waals surface area contributed by atoms with Crippen LogP contribution < -0.4 is 5.32 Å². The lowest BCUT2D eigenvalue weighted by molar-refractivity contribution is 0.215. The van der Waals surface area contributed by atoms with Gasteiger partial charge in [0.1, 0.15) is 0 Å². The summed E-state index contributed by atoms with van der Waals surface area (Å²) in [6, 6.07) is 0.828. The van der Waals surface area contributed by atoms with Crippen molar-refractivity contribution >= 4 is 0 Å². The van der Waals surface area contributed by atoms with Gasteiger partial charge in [0.15, 0.2) is 0 Å². The third-order valence-electron chi connectivity index (χ3n) is 4.36. The van der Waals surface area contributed by atoms with Gasteiger partial charge in [-0.3, -0.25) is 0 Å². The van der Waals surface area contributed by atoms with E-state index in [1.807, 2.05) is 0 Å². The van der Waals surface area contributed by atoms with E-state index in [2.05, 4.69) is 17.3 Å². The van der Waals surface area contributed by atoms with Crippen molar-refractivity contribution in [3.8, 4) is 0 Å². The van der Waals surface area contributed by atoms with E-state index in [0.29, 0.717) is 5.54 Å². The maximum atomic E-state index is 3.96.